The first-order valence-electron chi connectivity index (χ1n) is 25.6. The van der Waals surface area contributed by atoms with Crippen molar-refractivity contribution in [2.75, 3.05) is 0 Å². The number of carbonyl (C=O) groups is 2. The fourth-order valence-electron chi connectivity index (χ4n) is 10.2. The van der Waals surface area contributed by atoms with E-state index in [4.69, 9.17) is 4.74 Å². The number of allylic oxidation sites excluding steroid dienone is 8. The van der Waals surface area contributed by atoms with Gasteiger partial charge in [-0.2, -0.15) is 0 Å². The van der Waals surface area contributed by atoms with Gasteiger partial charge in [-0.05, 0) is 117 Å². The minimum atomic E-state index is -0.0330. The van der Waals surface area contributed by atoms with Crippen molar-refractivity contribution in [3.8, 4) is 35.2 Å². The van der Waals surface area contributed by atoms with Crippen LogP contribution in [0, 0.1) is 23.7 Å². The van der Waals surface area contributed by atoms with Gasteiger partial charge < -0.3 is 4.74 Å². The van der Waals surface area contributed by atoms with Crippen molar-refractivity contribution in [3.63, 3.8) is 0 Å². The molecule has 3 heteroatoms. The zero-order chi connectivity index (χ0) is 51.9. The van der Waals surface area contributed by atoms with E-state index < -0.39 is 0 Å². The van der Waals surface area contributed by atoms with Crippen LogP contribution in [0.2, 0.25) is 0 Å². The first kappa shape index (κ1) is 47.4. The van der Waals surface area contributed by atoms with E-state index >= 15 is 9.59 Å². The molecule has 0 aromatic heterocycles. The molecule has 10 aromatic rings. The lowest BCUT2D eigenvalue weighted by molar-refractivity contribution is -0.109. The number of Topliss-reactive ketones (excluding diaryl/α,β-unsaturated/α-hetero) is 2. The summed E-state index contributed by atoms with van der Waals surface area (Å²) >= 11 is 0. The summed E-state index contributed by atoms with van der Waals surface area (Å²) in [6.45, 7) is 0. The Kier molecular flexibility index (Phi) is 13.2. The van der Waals surface area contributed by atoms with Crippen molar-refractivity contribution in [2.45, 2.75) is 0 Å². The highest BCUT2D eigenvalue weighted by atomic mass is 16.5. The van der Waals surface area contributed by atoms with Crippen LogP contribution in [0.15, 0.2) is 279 Å². The largest absolute Gasteiger partial charge is 0.457 e. The molecule has 2 aliphatic carbocycles. The second-order valence-corrected chi connectivity index (χ2v) is 18.7. The van der Waals surface area contributed by atoms with E-state index in [2.05, 4.69) is 47.9 Å². The lowest BCUT2D eigenvalue weighted by Crippen LogP contribution is -2.01. The van der Waals surface area contributed by atoms with Gasteiger partial charge in [0.15, 0.2) is 11.6 Å². The zero-order valence-electron chi connectivity index (χ0n) is 41.8. The van der Waals surface area contributed by atoms with Crippen molar-refractivity contribution in [1.82, 2.24) is 0 Å². The summed E-state index contributed by atoms with van der Waals surface area (Å²) in [6, 6.07) is 91.9. The SMILES string of the molecule is O=C1C(c2ccccc2)=C(c2ccc(C#Cc3ccccc3)cc2)C(c2ccc(Oc3ccc(C4=C(c5ccccc5)C(=O)C(c5ccccc5)=C4c4ccc(C#Cc5ccccc5)cc4)cc3)cc2)=C1c1ccccc1. The van der Waals surface area contributed by atoms with Crippen molar-refractivity contribution >= 4 is 56.2 Å². The van der Waals surface area contributed by atoms with E-state index in [0.29, 0.717) is 33.8 Å². The average molecular weight is 983 g/mol. The normalized spacial score (nSPS) is 13.1. The monoisotopic (exact) mass is 982 g/mol. The molecule has 0 radical (unpaired) electrons. The lowest BCUT2D eigenvalue weighted by Gasteiger charge is -2.15. The third kappa shape index (κ3) is 9.85. The quantitative estimate of drug-likeness (QED) is 0.128. The number of ketones is 2. The summed E-state index contributed by atoms with van der Waals surface area (Å²) in [7, 11) is 0. The van der Waals surface area contributed by atoms with Crippen molar-refractivity contribution in [2.24, 2.45) is 0 Å². The van der Waals surface area contributed by atoms with Gasteiger partial charge in [0.1, 0.15) is 11.5 Å². The third-order valence-corrected chi connectivity index (χ3v) is 13.8. The van der Waals surface area contributed by atoms with Crippen LogP contribution in [0.5, 0.6) is 11.5 Å². The third-order valence-electron chi connectivity index (χ3n) is 13.8. The molecular formula is C74H46O3. The number of carbonyl (C=O) groups excluding carboxylic acids is 2. The Balaban J connectivity index is 0.900. The number of hydrogen-bond donors (Lipinski definition) is 0. The first-order valence-corrected chi connectivity index (χ1v) is 25.6. The summed E-state index contributed by atoms with van der Waals surface area (Å²) in [4.78, 5) is 30.1. The molecule has 0 saturated carbocycles. The molecule has 0 N–H and O–H groups in total. The van der Waals surface area contributed by atoms with Gasteiger partial charge in [0, 0.05) is 66.8 Å². The molecule has 0 fully saturated rings. The molecule has 0 bridgehead atoms. The number of benzene rings is 10. The maximum absolute atomic E-state index is 15.0. The van der Waals surface area contributed by atoms with Crippen molar-refractivity contribution < 1.29 is 14.3 Å². The Morgan fingerprint density at radius 3 is 0.636 bits per heavy atom. The number of hydrogen-bond acceptors (Lipinski definition) is 3. The molecule has 10 aromatic carbocycles. The second-order valence-electron chi connectivity index (χ2n) is 18.7. The van der Waals surface area contributed by atoms with Crippen LogP contribution in [0.1, 0.15) is 66.8 Å². The molecule has 0 amide bonds. The fraction of sp³-hybridized carbons (Fsp3) is 0. The maximum Gasteiger partial charge on any atom is 0.195 e. The van der Waals surface area contributed by atoms with E-state index in [1.54, 1.807) is 0 Å². The van der Waals surface area contributed by atoms with E-state index in [0.717, 1.165) is 89.1 Å². The minimum absolute atomic E-state index is 0.0330. The highest BCUT2D eigenvalue weighted by Gasteiger charge is 2.37. The Morgan fingerprint density at radius 1 is 0.195 bits per heavy atom. The molecule has 0 aliphatic heterocycles. The van der Waals surface area contributed by atoms with Crippen LogP contribution in [-0.2, 0) is 9.59 Å². The second kappa shape index (κ2) is 21.5. The molecule has 0 spiro atoms. The summed E-state index contributed by atoms with van der Waals surface area (Å²) in [5.74, 6) is 14.3. The molecule has 2 aliphatic rings. The Morgan fingerprint density at radius 2 is 0.390 bits per heavy atom. The van der Waals surface area contributed by atoms with Crippen molar-refractivity contribution in [1.29, 1.82) is 0 Å². The maximum atomic E-state index is 15.0. The lowest BCUT2D eigenvalue weighted by atomic mass is 9.89. The average Bonchev–Trinajstić information content (AvgIpc) is 4.01. The number of ether oxygens (including phenoxy) is 1. The van der Waals surface area contributed by atoms with Gasteiger partial charge in [-0.15, -0.1) is 0 Å². The van der Waals surface area contributed by atoms with Gasteiger partial charge in [0.25, 0.3) is 0 Å². The zero-order valence-corrected chi connectivity index (χ0v) is 41.8. The summed E-state index contributed by atoms with van der Waals surface area (Å²) in [5, 5.41) is 0. The van der Waals surface area contributed by atoms with E-state index in [1.165, 1.54) is 0 Å². The molecule has 77 heavy (non-hydrogen) atoms. The van der Waals surface area contributed by atoms with Crippen LogP contribution < -0.4 is 4.74 Å². The molecule has 0 saturated heterocycles. The van der Waals surface area contributed by atoms with Crippen LogP contribution >= 0.6 is 0 Å². The first-order chi connectivity index (χ1) is 38.0. The molecule has 0 atom stereocenters. The number of rotatable bonds is 10. The minimum Gasteiger partial charge on any atom is -0.457 e. The molecule has 3 nitrogen and oxygen atoms in total. The summed E-state index contributed by atoms with van der Waals surface area (Å²) < 4.78 is 6.60. The van der Waals surface area contributed by atoms with Crippen LogP contribution in [-0.4, -0.2) is 11.6 Å². The van der Waals surface area contributed by atoms with Crippen molar-refractivity contribution in [3.05, 3.63) is 346 Å². The van der Waals surface area contributed by atoms with E-state index in [1.807, 2.05) is 255 Å². The standard InChI is InChI=1S/C74H46O3/c75-73-69(55-23-11-3-12-24-55)65(59-39-35-53(36-40-59)33-31-51-19-7-1-8-20-51)67(71(73)57-27-15-5-16-28-57)61-43-47-63(48-44-61)77-64-49-45-62(46-50-64)68-66(60-41-37-54(38-42-60)34-32-52-21-9-2-10-22-52)70(56-25-13-4-14-26-56)74(76)72(68)58-29-17-6-18-30-58/h1-30,35-50H. The highest BCUT2D eigenvalue weighted by molar-refractivity contribution is 6.60. The molecule has 0 heterocycles. The molecular weight excluding hydrogens is 937 g/mol. The van der Waals surface area contributed by atoms with Gasteiger partial charge in [-0.3, -0.25) is 9.59 Å². The summed E-state index contributed by atoms with van der Waals surface area (Å²) in [5.41, 5.74) is 16.6. The molecule has 0 unspecified atom stereocenters. The van der Waals surface area contributed by atoms with Gasteiger partial charge in [-0.25, -0.2) is 0 Å². The topological polar surface area (TPSA) is 43.4 Å². The Hall–Kier alpha value is -10.6. The fourth-order valence-corrected chi connectivity index (χ4v) is 10.2. The summed E-state index contributed by atoms with van der Waals surface area (Å²) in [6.07, 6.45) is 0. The Labute approximate surface area is 449 Å². The van der Waals surface area contributed by atoms with E-state index in [9.17, 15) is 0 Å². The van der Waals surface area contributed by atoms with Gasteiger partial charge in [0.2, 0.25) is 0 Å². The smallest absolute Gasteiger partial charge is 0.195 e. The van der Waals surface area contributed by atoms with Crippen LogP contribution in [0.3, 0.4) is 0 Å². The van der Waals surface area contributed by atoms with Gasteiger partial charge >= 0.3 is 0 Å². The van der Waals surface area contributed by atoms with Gasteiger partial charge in [-0.1, -0.05) is 230 Å². The Bertz CT molecular complexity index is 3820. The molecule has 360 valence electrons. The van der Waals surface area contributed by atoms with Crippen LogP contribution in [0.25, 0.3) is 44.6 Å². The predicted molar refractivity (Wildman–Crippen MR) is 314 cm³/mol. The van der Waals surface area contributed by atoms with E-state index in [-0.39, 0.29) is 11.6 Å². The predicted octanol–water partition coefficient (Wildman–Crippen LogP) is 16.5. The highest BCUT2D eigenvalue weighted by Crippen LogP contribution is 2.52. The van der Waals surface area contributed by atoms with Crippen LogP contribution in [0.4, 0.5) is 0 Å². The molecule has 12 rings (SSSR count). The van der Waals surface area contributed by atoms with Gasteiger partial charge in [0.05, 0.1) is 0 Å².